The predicted octanol–water partition coefficient (Wildman–Crippen LogP) is 2.65. The second-order valence-corrected chi connectivity index (χ2v) is 5.24. The Labute approximate surface area is 146 Å². The number of benzene rings is 1. The molecule has 0 aliphatic rings. The second-order valence-electron chi connectivity index (χ2n) is 5.24. The normalized spacial score (nSPS) is 13.6. The first-order valence-corrected chi connectivity index (χ1v) is 7.52. The summed E-state index contributed by atoms with van der Waals surface area (Å²) in [5.41, 5.74) is -3.61. The Morgan fingerprint density at radius 3 is 2.38 bits per heavy atom. The van der Waals surface area contributed by atoms with Crippen LogP contribution in [0, 0.1) is 6.92 Å². The second kappa shape index (κ2) is 7.46. The molecule has 0 saturated heterocycles. The van der Waals surface area contributed by atoms with Gasteiger partial charge in [-0.05, 0) is 26.0 Å². The van der Waals surface area contributed by atoms with E-state index in [9.17, 15) is 22.8 Å². The van der Waals surface area contributed by atoms with Crippen molar-refractivity contribution in [2.24, 2.45) is 0 Å². The fraction of sp³-hybridized carbons (Fsp3) is 0.312. The molecule has 1 heterocycles. The van der Waals surface area contributed by atoms with E-state index in [1.807, 2.05) is 5.32 Å². The van der Waals surface area contributed by atoms with Crippen LogP contribution in [0.3, 0.4) is 0 Å². The van der Waals surface area contributed by atoms with Gasteiger partial charge in [0.2, 0.25) is 0 Å². The van der Waals surface area contributed by atoms with Gasteiger partial charge in [0, 0.05) is 11.6 Å². The zero-order valence-corrected chi connectivity index (χ0v) is 13.9. The molecule has 0 fully saturated rings. The lowest BCUT2D eigenvalue weighted by Crippen LogP contribution is -2.69. The fourth-order valence-electron chi connectivity index (χ4n) is 2.08. The van der Waals surface area contributed by atoms with Crippen LogP contribution in [0.5, 0.6) is 0 Å². The number of rotatable bonds is 6. The van der Waals surface area contributed by atoms with Gasteiger partial charge in [-0.2, -0.15) is 13.2 Å². The summed E-state index contributed by atoms with van der Waals surface area (Å²) < 4.78 is 50.9. The molecule has 2 N–H and O–H groups in total. The van der Waals surface area contributed by atoms with Crippen LogP contribution in [0.2, 0.25) is 0 Å². The average Bonchev–Trinajstić information content (AvgIpc) is 2.99. The molecule has 1 aromatic heterocycles. The summed E-state index contributed by atoms with van der Waals surface area (Å²) in [7, 11) is 0. The van der Waals surface area contributed by atoms with Gasteiger partial charge in [0.05, 0.1) is 6.61 Å². The molecule has 0 saturated carbocycles. The summed E-state index contributed by atoms with van der Waals surface area (Å²) in [6, 6.07) is 8.31. The highest BCUT2D eigenvalue weighted by Crippen LogP contribution is 2.33. The smallest absolute Gasteiger partial charge is 0.441 e. The lowest BCUT2D eigenvalue weighted by molar-refractivity contribution is -0.204. The Kier molecular flexibility index (Phi) is 5.53. The molecule has 0 radical (unpaired) electrons. The minimum Gasteiger partial charge on any atom is -0.463 e. The van der Waals surface area contributed by atoms with Crippen molar-refractivity contribution in [2.75, 3.05) is 11.9 Å². The first-order valence-electron chi connectivity index (χ1n) is 7.52. The molecule has 0 unspecified atom stereocenters. The standard InChI is InChI=1S/C16H16F3N3O4/c1-3-25-14(24)15(16(17,18)19,20-12-9-10(2)26-22-12)21-13(23)11-7-5-4-6-8-11/h4-9H,3H2,1-2H3,(H,20,22)(H,21,23)/t15-/m0/s1. The van der Waals surface area contributed by atoms with Crippen LogP contribution in [0.15, 0.2) is 40.9 Å². The summed E-state index contributed by atoms with van der Waals surface area (Å²) in [4.78, 5) is 24.5. The maximum absolute atomic E-state index is 13.9. The number of esters is 1. The van der Waals surface area contributed by atoms with E-state index in [0.717, 1.165) is 6.07 Å². The van der Waals surface area contributed by atoms with Gasteiger partial charge in [-0.15, -0.1) is 0 Å². The van der Waals surface area contributed by atoms with Crippen LogP contribution in [0.4, 0.5) is 19.0 Å². The summed E-state index contributed by atoms with van der Waals surface area (Å²) in [5, 5.41) is 6.99. The van der Waals surface area contributed by atoms with Crippen LogP contribution >= 0.6 is 0 Å². The van der Waals surface area contributed by atoms with Crippen LogP contribution in [-0.4, -0.2) is 35.5 Å². The summed E-state index contributed by atoms with van der Waals surface area (Å²) in [6.07, 6.45) is -5.24. The molecule has 1 amide bonds. The molecular formula is C16H16F3N3O4. The number of hydrogen-bond acceptors (Lipinski definition) is 6. The van der Waals surface area contributed by atoms with E-state index in [1.165, 1.54) is 38.1 Å². The van der Waals surface area contributed by atoms with Gasteiger partial charge in [0.15, 0.2) is 5.82 Å². The van der Waals surface area contributed by atoms with E-state index in [0.29, 0.717) is 0 Å². The zero-order valence-electron chi connectivity index (χ0n) is 13.9. The van der Waals surface area contributed by atoms with Gasteiger partial charge in [0.1, 0.15) is 5.76 Å². The Hall–Kier alpha value is -3.04. The van der Waals surface area contributed by atoms with Gasteiger partial charge in [0.25, 0.3) is 5.91 Å². The summed E-state index contributed by atoms with van der Waals surface area (Å²) in [6.45, 7) is 2.48. The monoisotopic (exact) mass is 371 g/mol. The molecule has 0 spiro atoms. The molecule has 2 rings (SSSR count). The topological polar surface area (TPSA) is 93.5 Å². The lowest BCUT2D eigenvalue weighted by atomic mass is 10.1. The fourth-order valence-corrected chi connectivity index (χ4v) is 2.08. The van der Waals surface area contributed by atoms with Gasteiger partial charge in [-0.3, -0.25) is 4.79 Å². The van der Waals surface area contributed by atoms with Crippen LogP contribution < -0.4 is 10.6 Å². The van der Waals surface area contributed by atoms with Crippen molar-refractivity contribution in [3.63, 3.8) is 0 Å². The van der Waals surface area contributed by atoms with Crippen molar-refractivity contribution in [2.45, 2.75) is 25.7 Å². The van der Waals surface area contributed by atoms with Crippen LogP contribution in [-0.2, 0) is 9.53 Å². The van der Waals surface area contributed by atoms with Crippen molar-refractivity contribution >= 4 is 17.7 Å². The van der Waals surface area contributed by atoms with Gasteiger partial charge >= 0.3 is 17.8 Å². The molecule has 1 atom stereocenters. The molecule has 0 bridgehead atoms. The van der Waals surface area contributed by atoms with Crippen LogP contribution in [0.25, 0.3) is 0 Å². The van der Waals surface area contributed by atoms with Crippen molar-refractivity contribution in [1.29, 1.82) is 0 Å². The molecule has 2 aromatic rings. The summed E-state index contributed by atoms with van der Waals surface area (Å²) >= 11 is 0. The molecule has 7 nitrogen and oxygen atoms in total. The Morgan fingerprint density at radius 1 is 1.23 bits per heavy atom. The minimum absolute atomic E-state index is 0.0662. The number of anilines is 1. The molecular weight excluding hydrogens is 355 g/mol. The van der Waals surface area contributed by atoms with Crippen molar-refractivity contribution < 1.29 is 32.0 Å². The number of ether oxygens (including phenoxy) is 1. The molecule has 0 aliphatic carbocycles. The number of alkyl halides is 3. The molecule has 10 heteroatoms. The number of halogens is 3. The van der Waals surface area contributed by atoms with Gasteiger partial charge < -0.3 is 19.9 Å². The number of carbonyl (C=O) groups excluding carboxylic acids is 2. The Bertz CT molecular complexity index is 777. The number of amides is 1. The SMILES string of the molecule is CCOC(=O)[C@@](NC(=O)c1ccccc1)(Nc1cc(C)on1)C(F)(F)F. The summed E-state index contributed by atoms with van der Waals surface area (Å²) in [5.74, 6) is -3.02. The van der Waals surface area contributed by atoms with Crippen molar-refractivity contribution in [1.82, 2.24) is 10.5 Å². The lowest BCUT2D eigenvalue weighted by Gasteiger charge is -2.34. The Balaban J connectivity index is 2.47. The third-order valence-electron chi connectivity index (χ3n) is 3.29. The third-order valence-corrected chi connectivity index (χ3v) is 3.29. The molecule has 0 aliphatic heterocycles. The first kappa shape index (κ1) is 19.3. The quantitative estimate of drug-likeness (QED) is 0.599. The number of carbonyl (C=O) groups is 2. The van der Waals surface area contributed by atoms with E-state index >= 15 is 0 Å². The van der Waals surface area contributed by atoms with E-state index in [-0.39, 0.29) is 23.7 Å². The molecule has 26 heavy (non-hydrogen) atoms. The maximum atomic E-state index is 13.9. The first-order chi connectivity index (χ1) is 12.2. The van der Waals surface area contributed by atoms with Crippen molar-refractivity contribution in [3.05, 3.63) is 47.7 Å². The van der Waals surface area contributed by atoms with Crippen molar-refractivity contribution in [3.8, 4) is 0 Å². The maximum Gasteiger partial charge on any atom is 0.441 e. The highest BCUT2D eigenvalue weighted by atomic mass is 19.4. The highest BCUT2D eigenvalue weighted by molar-refractivity contribution is 5.99. The third kappa shape index (κ3) is 3.95. The molecule has 140 valence electrons. The molecule has 1 aromatic carbocycles. The van der Waals surface area contributed by atoms with E-state index in [4.69, 9.17) is 4.52 Å². The van der Waals surface area contributed by atoms with E-state index in [2.05, 4.69) is 9.89 Å². The van der Waals surface area contributed by atoms with Gasteiger partial charge in [-0.1, -0.05) is 23.4 Å². The number of nitrogens with one attached hydrogen (secondary N) is 2. The average molecular weight is 371 g/mol. The predicted molar refractivity (Wildman–Crippen MR) is 84.2 cm³/mol. The largest absolute Gasteiger partial charge is 0.463 e. The van der Waals surface area contributed by atoms with Crippen LogP contribution in [0.1, 0.15) is 23.0 Å². The Morgan fingerprint density at radius 2 is 1.88 bits per heavy atom. The van der Waals surface area contributed by atoms with E-state index in [1.54, 1.807) is 11.4 Å². The number of hydrogen-bond donors (Lipinski definition) is 2. The van der Waals surface area contributed by atoms with Gasteiger partial charge in [-0.25, -0.2) is 4.79 Å². The minimum atomic E-state index is -5.24. The van der Waals surface area contributed by atoms with E-state index < -0.39 is 23.7 Å². The number of aryl methyl sites for hydroxylation is 1. The number of nitrogens with zero attached hydrogens (tertiary/aromatic N) is 1. The number of aromatic nitrogens is 1. The zero-order chi connectivity index (χ0) is 19.4. The highest BCUT2D eigenvalue weighted by Gasteiger charge is 2.64.